The van der Waals surface area contributed by atoms with Crippen molar-refractivity contribution in [3.8, 4) is 0 Å². The maximum Gasteiger partial charge on any atom is 0.344 e. The van der Waals surface area contributed by atoms with Gasteiger partial charge in [-0.05, 0) is 48.8 Å². The third-order valence-corrected chi connectivity index (χ3v) is 6.42. The number of anilines is 1. The Balaban J connectivity index is 1.43. The highest BCUT2D eigenvalue weighted by molar-refractivity contribution is 6.08. The van der Waals surface area contributed by atoms with Gasteiger partial charge < -0.3 is 10.2 Å². The molecule has 4 amide bonds. The minimum absolute atomic E-state index is 0.123. The summed E-state index contributed by atoms with van der Waals surface area (Å²) in [5.41, 5.74) is 5.34. The van der Waals surface area contributed by atoms with Gasteiger partial charge >= 0.3 is 6.03 Å². The third-order valence-electron chi connectivity index (χ3n) is 6.42. The number of hydrogen-bond donors (Lipinski definition) is 2. The molecule has 2 N–H and O–H groups in total. The van der Waals surface area contributed by atoms with Gasteiger partial charge in [0.2, 0.25) is 0 Å². The molecule has 1 saturated heterocycles. The van der Waals surface area contributed by atoms with Crippen LogP contribution < -0.4 is 15.6 Å². The van der Waals surface area contributed by atoms with Crippen molar-refractivity contribution in [1.82, 2.24) is 15.8 Å². The van der Waals surface area contributed by atoms with Gasteiger partial charge in [-0.3, -0.25) is 15.0 Å². The second-order valence-electron chi connectivity index (χ2n) is 8.82. The first kappa shape index (κ1) is 19.7. The predicted molar refractivity (Wildman–Crippen MR) is 110 cm³/mol. The van der Waals surface area contributed by atoms with Crippen LogP contribution in [0.5, 0.6) is 0 Å². The molecular formula is C22H30N4O3. The summed E-state index contributed by atoms with van der Waals surface area (Å²) in [6.07, 6.45) is 6.17. The summed E-state index contributed by atoms with van der Waals surface area (Å²) >= 11 is 0. The Hall–Kier alpha value is -2.57. The van der Waals surface area contributed by atoms with Gasteiger partial charge in [-0.2, -0.15) is 5.01 Å². The molecule has 0 atom stereocenters. The van der Waals surface area contributed by atoms with E-state index >= 15 is 0 Å². The quantitative estimate of drug-likeness (QED) is 0.764. The van der Waals surface area contributed by atoms with Gasteiger partial charge in [0, 0.05) is 12.2 Å². The second-order valence-corrected chi connectivity index (χ2v) is 8.82. The molecule has 7 heteroatoms. The molecule has 4 rings (SSSR count). The molecular weight excluding hydrogens is 368 g/mol. The zero-order valence-corrected chi connectivity index (χ0v) is 17.3. The lowest BCUT2D eigenvalue weighted by molar-refractivity contribution is -0.139. The first-order valence-corrected chi connectivity index (χ1v) is 10.7. The van der Waals surface area contributed by atoms with E-state index < -0.39 is 11.6 Å². The van der Waals surface area contributed by atoms with Gasteiger partial charge in [-0.1, -0.05) is 45.2 Å². The summed E-state index contributed by atoms with van der Waals surface area (Å²) in [6, 6.07) is 5.91. The van der Waals surface area contributed by atoms with Crippen LogP contribution in [0.1, 0.15) is 69.4 Å². The minimum Gasteiger partial charge on any atom is -0.362 e. The lowest BCUT2D eigenvalue weighted by atomic mass is 9.82. The Morgan fingerprint density at radius 3 is 2.66 bits per heavy atom. The van der Waals surface area contributed by atoms with Crippen LogP contribution in [-0.4, -0.2) is 41.5 Å². The number of hydrazine groups is 1. The van der Waals surface area contributed by atoms with Gasteiger partial charge in [-0.15, -0.1) is 0 Å². The number of carbonyl (C=O) groups excluding carboxylic acids is 3. The molecule has 2 aliphatic heterocycles. The van der Waals surface area contributed by atoms with E-state index in [-0.39, 0.29) is 18.4 Å². The molecule has 1 aliphatic carbocycles. The van der Waals surface area contributed by atoms with E-state index in [1.54, 1.807) is 0 Å². The molecule has 1 aromatic rings. The Morgan fingerprint density at radius 1 is 1.17 bits per heavy atom. The Kier molecular flexibility index (Phi) is 5.23. The van der Waals surface area contributed by atoms with Crippen molar-refractivity contribution < 1.29 is 14.4 Å². The third kappa shape index (κ3) is 3.70. The molecule has 29 heavy (non-hydrogen) atoms. The highest BCUT2D eigenvalue weighted by Crippen LogP contribution is 2.33. The molecule has 1 saturated carbocycles. The van der Waals surface area contributed by atoms with Crippen molar-refractivity contribution in [1.29, 1.82) is 0 Å². The molecule has 3 aliphatic rings. The van der Waals surface area contributed by atoms with Crippen molar-refractivity contribution in [2.45, 2.75) is 70.3 Å². The van der Waals surface area contributed by atoms with Gasteiger partial charge in [0.25, 0.3) is 11.8 Å². The fraction of sp³-hybridized carbons (Fsp3) is 0.591. The summed E-state index contributed by atoms with van der Waals surface area (Å²) in [6.45, 7) is 5.25. The van der Waals surface area contributed by atoms with Crippen molar-refractivity contribution in [2.24, 2.45) is 0 Å². The van der Waals surface area contributed by atoms with Crippen LogP contribution in [0, 0.1) is 0 Å². The van der Waals surface area contributed by atoms with Crippen LogP contribution in [0.4, 0.5) is 10.5 Å². The number of nitrogens with zero attached hydrogens (tertiary/aromatic N) is 2. The van der Waals surface area contributed by atoms with E-state index in [1.165, 1.54) is 11.1 Å². The number of benzene rings is 1. The topological polar surface area (TPSA) is 81.8 Å². The Labute approximate surface area is 171 Å². The maximum absolute atomic E-state index is 12.8. The van der Waals surface area contributed by atoms with Crippen molar-refractivity contribution in [2.75, 3.05) is 18.0 Å². The maximum atomic E-state index is 12.8. The summed E-state index contributed by atoms with van der Waals surface area (Å²) in [4.78, 5) is 39.9. The second kappa shape index (κ2) is 7.69. The summed E-state index contributed by atoms with van der Waals surface area (Å²) in [7, 11) is 0. The molecule has 2 fully saturated rings. The lowest BCUT2D eigenvalue weighted by Crippen LogP contribution is -2.52. The number of fused-ring (bicyclic) bond motifs is 1. The molecule has 1 spiro atoms. The molecule has 0 bridgehead atoms. The zero-order valence-electron chi connectivity index (χ0n) is 17.3. The van der Waals surface area contributed by atoms with E-state index in [9.17, 15) is 14.4 Å². The van der Waals surface area contributed by atoms with E-state index in [0.29, 0.717) is 18.8 Å². The molecule has 0 unspecified atom stereocenters. The van der Waals surface area contributed by atoms with E-state index in [1.807, 2.05) is 4.90 Å². The Bertz CT molecular complexity index is 829. The number of imide groups is 1. The summed E-state index contributed by atoms with van der Waals surface area (Å²) in [5.74, 6) is -0.205. The summed E-state index contributed by atoms with van der Waals surface area (Å²) < 4.78 is 0. The van der Waals surface area contributed by atoms with Crippen LogP contribution in [0.15, 0.2) is 18.2 Å². The van der Waals surface area contributed by atoms with Crippen LogP contribution >= 0.6 is 0 Å². The van der Waals surface area contributed by atoms with E-state index in [0.717, 1.165) is 49.3 Å². The van der Waals surface area contributed by atoms with Crippen LogP contribution in [0.2, 0.25) is 0 Å². The predicted octanol–water partition coefficient (Wildman–Crippen LogP) is 2.85. The van der Waals surface area contributed by atoms with E-state index in [4.69, 9.17) is 0 Å². The first-order valence-electron chi connectivity index (χ1n) is 10.7. The van der Waals surface area contributed by atoms with Gasteiger partial charge in [-0.25, -0.2) is 4.79 Å². The number of carbonyl (C=O) groups is 3. The average molecular weight is 399 g/mol. The van der Waals surface area contributed by atoms with Crippen molar-refractivity contribution in [3.63, 3.8) is 0 Å². The van der Waals surface area contributed by atoms with Crippen molar-refractivity contribution >= 4 is 23.5 Å². The minimum atomic E-state index is -0.826. The number of hydrogen-bond acceptors (Lipinski definition) is 4. The molecule has 156 valence electrons. The van der Waals surface area contributed by atoms with Crippen LogP contribution in [-0.2, 0) is 16.0 Å². The van der Waals surface area contributed by atoms with Crippen LogP contribution in [0.3, 0.4) is 0 Å². The standard InChI is InChI=1S/C22H30N4O3/c1-15(2)16-8-9-18-17(13-16)7-6-12-25(18)14-19(27)24-26-20(28)22(23-21(26)29)10-4-3-5-11-22/h8-9,13,15H,3-7,10-12,14H2,1-2H3,(H,23,29)(H,24,27). The number of aryl methyl sites for hydroxylation is 1. The summed E-state index contributed by atoms with van der Waals surface area (Å²) in [5, 5.41) is 3.71. The fourth-order valence-electron chi connectivity index (χ4n) is 4.77. The largest absolute Gasteiger partial charge is 0.362 e. The van der Waals surface area contributed by atoms with Gasteiger partial charge in [0.15, 0.2) is 0 Å². The highest BCUT2D eigenvalue weighted by atomic mass is 16.2. The number of amides is 4. The molecule has 0 aromatic heterocycles. The lowest BCUT2D eigenvalue weighted by Gasteiger charge is -2.32. The number of rotatable bonds is 4. The van der Waals surface area contributed by atoms with Crippen LogP contribution in [0.25, 0.3) is 0 Å². The number of urea groups is 1. The normalized spacial score (nSPS) is 20.8. The molecule has 1 aromatic carbocycles. The molecule has 7 nitrogen and oxygen atoms in total. The Morgan fingerprint density at radius 2 is 1.93 bits per heavy atom. The van der Waals surface area contributed by atoms with Gasteiger partial charge in [0.1, 0.15) is 5.54 Å². The van der Waals surface area contributed by atoms with E-state index in [2.05, 4.69) is 42.8 Å². The monoisotopic (exact) mass is 398 g/mol. The van der Waals surface area contributed by atoms with Crippen molar-refractivity contribution in [3.05, 3.63) is 29.3 Å². The molecule has 0 radical (unpaired) electrons. The number of nitrogens with one attached hydrogen (secondary N) is 2. The van der Waals surface area contributed by atoms with Gasteiger partial charge in [0.05, 0.1) is 6.54 Å². The SMILES string of the molecule is CC(C)c1ccc2c(c1)CCCN2CC(=O)NN1C(=O)NC2(CCCCC2)C1=O. The zero-order chi connectivity index (χ0) is 20.6. The fourth-order valence-corrected chi connectivity index (χ4v) is 4.77. The molecule has 2 heterocycles. The highest BCUT2D eigenvalue weighted by Gasteiger charge is 2.52. The average Bonchev–Trinajstić information content (AvgIpc) is 2.92. The first-order chi connectivity index (χ1) is 13.9. The smallest absolute Gasteiger partial charge is 0.344 e.